The monoisotopic (exact) mass is 383 g/mol. The lowest BCUT2D eigenvalue weighted by Gasteiger charge is -2.30. The number of carbonyl (C=O) groups is 2. The maximum atomic E-state index is 12.5. The molecule has 1 aliphatic heterocycles. The quantitative estimate of drug-likeness (QED) is 0.796. The molecule has 1 heterocycles. The van der Waals surface area contributed by atoms with Gasteiger partial charge in [-0.15, -0.1) is 0 Å². The van der Waals surface area contributed by atoms with Gasteiger partial charge in [0.2, 0.25) is 0 Å². The number of fused-ring (bicyclic) bond motifs is 1. The number of rotatable bonds is 7. The van der Waals surface area contributed by atoms with Gasteiger partial charge in [-0.3, -0.25) is 9.59 Å². The Labute approximate surface area is 164 Å². The Balaban J connectivity index is 1.75. The first-order valence-corrected chi connectivity index (χ1v) is 9.15. The molecule has 1 aliphatic rings. The van der Waals surface area contributed by atoms with Crippen LogP contribution in [0.15, 0.2) is 42.5 Å². The molecule has 0 aliphatic carbocycles. The SMILES string of the molecule is COc1ccc(C(=O)Nc2ccc3c(c2)N(CCCN(C)C)C(=O)CO3)cc1. The second-order valence-corrected chi connectivity index (χ2v) is 6.86. The first-order valence-electron chi connectivity index (χ1n) is 9.15. The first kappa shape index (κ1) is 19.7. The average Bonchev–Trinajstić information content (AvgIpc) is 2.69. The van der Waals surface area contributed by atoms with E-state index < -0.39 is 0 Å². The first-order chi connectivity index (χ1) is 13.5. The zero-order chi connectivity index (χ0) is 20.1. The number of benzene rings is 2. The van der Waals surface area contributed by atoms with E-state index in [4.69, 9.17) is 9.47 Å². The number of hydrogen-bond acceptors (Lipinski definition) is 5. The van der Waals surface area contributed by atoms with Crippen LogP contribution < -0.4 is 19.7 Å². The number of nitrogens with zero attached hydrogens (tertiary/aromatic N) is 2. The van der Waals surface area contributed by atoms with Crippen LogP contribution in [-0.4, -0.2) is 57.6 Å². The lowest BCUT2D eigenvalue weighted by Crippen LogP contribution is -2.40. The maximum Gasteiger partial charge on any atom is 0.265 e. The number of carbonyl (C=O) groups excluding carboxylic acids is 2. The second kappa shape index (κ2) is 8.75. The second-order valence-electron chi connectivity index (χ2n) is 6.86. The molecule has 148 valence electrons. The Morgan fingerprint density at radius 1 is 1.21 bits per heavy atom. The van der Waals surface area contributed by atoms with Crippen LogP contribution in [0, 0.1) is 0 Å². The summed E-state index contributed by atoms with van der Waals surface area (Å²) in [6.45, 7) is 1.52. The lowest BCUT2D eigenvalue weighted by molar-refractivity contribution is -0.121. The Hall–Kier alpha value is -3.06. The summed E-state index contributed by atoms with van der Waals surface area (Å²) in [4.78, 5) is 28.6. The van der Waals surface area contributed by atoms with Crippen LogP contribution in [0.1, 0.15) is 16.8 Å². The molecular weight excluding hydrogens is 358 g/mol. The van der Waals surface area contributed by atoms with Gasteiger partial charge in [-0.05, 0) is 69.5 Å². The molecule has 0 saturated heterocycles. The van der Waals surface area contributed by atoms with Crippen molar-refractivity contribution in [1.29, 1.82) is 0 Å². The molecule has 7 nitrogen and oxygen atoms in total. The summed E-state index contributed by atoms with van der Waals surface area (Å²) in [7, 11) is 5.58. The van der Waals surface area contributed by atoms with Gasteiger partial charge in [0.1, 0.15) is 11.5 Å². The number of hydrogen-bond donors (Lipinski definition) is 1. The third kappa shape index (κ3) is 4.61. The lowest BCUT2D eigenvalue weighted by atomic mass is 10.1. The van der Waals surface area contributed by atoms with Crippen LogP contribution in [-0.2, 0) is 4.79 Å². The molecule has 28 heavy (non-hydrogen) atoms. The molecule has 0 aromatic heterocycles. The molecule has 0 spiro atoms. The topological polar surface area (TPSA) is 71.1 Å². The van der Waals surface area contributed by atoms with Crippen molar-refractivity contribution in [2.75, 3.05) is 51.1 Å². The minimum absolute atomic E-state index is 0.0342. The van der Waals surface area contributed by atoms with Crippen LogP contribution in [0.3, 0.4) is 0 Å². The third-order valence-corrected chi connectivity index (χ3v) is 4.50. The van der Waals surface area contributed by atoms with Gasteiger partial charge < -0.3 is 24.6 Å². The van der Waals surface area contributed by atoms with Crippen molar-refractivity contribution < 1.29 is 19.1 Å². The maximum absolute atomic E-state index is 12.5. The molecule has 0 unspecified atom stereocenters. The van der Waals surface area contributed by atoms with Crippen molar-refractivity contribution in [1.82, 2.24) is 4.90 Å². The van der Waals surface area contributed by atoms with Gasteiger partial charge in [-0.1, -0.05) is 0 Å². The summed E-state index contributed by atoms with van der Waals surface area (Å²) in [6.07, 6.45) is 0.848. The predicted octanol–water partition coefficient (Wildman–Crippen LogP) is 2.62. The molecule has 3 rings (SSSR count). The average molecular weight is 383 g/mol. The summed E-state index contributed by atoms with van der Waals surface area (Å²) in [6, 6.07) is 12.2. The number of nitrogens with one attached hydrogen (secondary N) is 1. The number of ether oxygens (including phenoxy) is 2. The van der Waals surface area contributed by atoms with E-state index >= 15 is 0 Å². The number of amides is 2. The molecule has 2 aromatic carbocycles. The van der Waals surface area contributed by atoms with E-state index in [2.05, 4.69) is 10.2 Å². The molecule has 2 amide bonds. The van der Waals surface area contributed by atoms with E-state index in [0.717, 1.165) is 13.0 Å². The molecule has 0 radical (unpaired) electrons. The summed E-state index contributed by atoms with van der Waals surface area (Å²) >= 11 is 0. The highest BCUT2D eigenvalue weighted by Crippen LogP contribution is 2.34. The number of anilines is 2. The molecular formula is C21H25N3O4. The Morgan fingerprint density at radius 2 is 1.96 bits per heavy atom. The van der Waals surface area contributed by atoms with Gasteiger partial charge in [0, 0.05) is 17.8 Å². The molecule has 0 saturated carbocycles. The van der Waals surface area contributed by atoms with E-state index in [9.17, 15) is 9.59 Å². The van der Waals surface area contributed by atoms with E-state index in [-0.39, 0.29) is 18.4 Å². The van der Waals surface area contributed by atoms with E-state index in [0.29, 0.717) is 35.0 Å². The largest absolute Gasteiger partial charge is 0.497 e. The minimum Gasteiger partial charge on any atom is -0.497 e. The highest BCUT2D eigenvalue weighted by atomic mass is 16.5. The van der Waals surface area contributed by atoms with Crippen LogP contribution in [0.25, 0.3) is 0 Å². The number of methoxy groups -OCH3 is 1. The van der Waals surface area contributed by atoms with Gasteiger partial charge in [0.15, 0.2) is 6.61 Å². The third-order valence-electron chi connectivity index (χ3n) is 4.50. The standard InChI is InChI=1S/C21H25N3O4/c1-23(2)11-4-12-24-18-13-16(7-10-19(18)28-14-20(24)25)22-21(26)15-5-8-17(27-3)9-6-15/h5-10,13H,4,11-12,14H2,1-3H3,(H,22,26). The van der Waals surface area contributed by atoms with E-state index in [1.165, 1.54) is 0 Å². The molecule has 0 bridgehead atoms. The van der Waals surface area contributed by atoms with Crippen LogP contribution in [0.5, 0.6) is 11.5 Å². The van der Waals surface area contributed by atoms with Crippen molar-refractivity contribution >= 4 is 23.2 Å². The van der Waals surface area contributed by atoms with Gasteiger partial charge in [-0.25, -0.2) is 0 Å². The van der Waals surface area contributed by atoms with Crippen molar-refractivity contribution in [3.63, 3.8) is 0 Å². The van der Waals surface area contributed by atoms with Gasteiger partial charge in [0.05, 0.1) is 12.8 Å². The smallest absolute Gasteiger partial charge is 0.265 e. The van der Waals surface area contributed by atoms with Gasteiger partial charge in [0.25, 0.3) is 11.8 Å². The van der Waals surface area contributed by atoms with Crippen molar-refractivity contribution in [3.8, 4) is 11.5 Å². The highest BCUT2D eigenvalue weighted by Gasteiger charge is 2.25. The molecule has 0 atom stereocenters. The molecule has 1 N–H and O–H groups in total. The Kier molecular flexibility index (Phi) is 6.16. The fraction of sp³-hybridized carbons (Fsp3) is 0.333. The Morgan fingerprint density at radius 3 is 2.64 bits per heavy atom. The van der Waals surface area contributed by atoms with Crippen molar-refractivity contribution in [2.45, 2.75) is 6.42 Å². The van der Waals surface area contributed by atoms with Crippen LogP contribution in [0.4, 0.5) is 11.4 Å². The Bertz CT molecular complexity index is 849. The van der Waals surface area contributed by atoms with E-state index in [1.807, 2.05) is 14.1 Å². The fourth-order valence-electron chi connectivity index (χ4n) is 3.02. The zero-order valence-corrected chi connectivity index (χ0v) is 16.4. The summed E-state index contributed by atoms with van der Waals surface area (Å²) in [5.41, 5.74) is 1.81. The van der Waals surface area contributed by atoms with Crippen molar-refractivity contribution in [2.24, 2.45) is 0 Å². The minimum atomic E-state index is -0.232. The zero-order valence-electron chi connectivity index (χ0n) is 16.4. The van der Waals surface area contributed by atoms with Crippen LogP contribution in [0.2, 0.25) is 0 Å². The molecule has 7 heteroatoms. The fourth-order valence-corrected chi connectivity index (χ4v) is 3.02. The van der Waals surface area contributed by atoms with E-state index in [1.54, 1.807) is 54.5 Å². The normalized spacial score (nSPS) is 13.1. The summed E-state index contributed by atoms with van der Waals surface area (Å²) in [5.74, 6) is 1.02. The van der Waals surface area contributed by atoms with Crippen LogP contribution >= 0.6 is 0 Å². The van der Waals surface area contributed by atoms with Gasteiger partial charge in [-0.2, -0.15) is 0 Å². The summed E-state index contributed by atoms with van der Waals surface area (Å²) in [5, 5.41) is 2.87. The highest BCUT2D eigenvalue weighted by molar-refractivity contribution is 6.05. The summed E-state index contributed by atoms with van der Waals surface area (Å²) < 4.78 is 10.6. The van der Waals surface area contributed by atoms with Crippen molar-refractivity contribution in [3.05, 3.63) is 48.0 Å². The van der Waals surface area contributed by atoms with Gasteiger partial charge >= 0.3 is 0 Å². The predicted molar refractivity (Wildman–Crippen MR) is 108 cm³/mol. The molecule has 0 fully saturated rings. The molecule has 2 aromatic rings.